The normalized spacial score (nSPS) is 14.9. The molecule has 4 heterocycles. The number of anilines is 3. The Bertz CT molecular complexity index is 1510. The second-order valence-electron chi connectivity index (χ2n) is 11.3. The first kappa shape index (κ1) is 30.5. The lowest BCUT2D eigenvalue weighted by Crippen LogP contribution is -2.49. The monoisotopic (exact) mass is 612 g/mol. The van der Waals surface area contributed by atoms with Crippen molar-refractivity contribution >= 4 is 40.8 Å². The molecule has 1 aromatic carbocycles. The number of nitrogens with zero attached hydrogens (tertiary/aromatic N) is 4. The van der Waals surface area contributed by atoms with Crippen molar-refractivity contribution in [1.82, 2.24) is 20.2 Å². The van der Waals surface area contributed by atoms with Crippen LogP contribution in [0.2, 0.25) is 5.02 Å². The van der Waals surface area contributed by atoms with Gasteiger partial charge < -0.3 is 24.8 Å². The minimum Gasteiger partial charge on any atom is -0.486 e. The minimum absolute atomic E-state index is 0.127. The number of carbonyl (C=O) groups excluding carboxylic acids is 2. The molecule has 5 rings (SSSR count). The number of rotatable bonds is 8. The highest BCUT2D eigenvalue weighted by atomic mass is 35.5. The lowest BCUT2D eigenvalue weighted by atomic mass is 10.1. The third kappa shape index (κ3) is 7.15. The van der Waals surface area contributed by atoms with Crippen molar-refractivity contribution in [3.8, 4) is 17.0 Å². The van der Waals surface area contributed by atoms with E-state index in [-0.39, 0.29) is 47.4 Å². The summed E-state index contributed by atoms with van der Waals surface area (Å²) in [5.41, 5.74) is 0.644. The highest BCUT2D eigenvalue weighted by molar-refractivity contribution is 6.30. The Hall–Kier alpha value is -4.00. The van der Waals surface area contributed by atoms with Crippen molar-refractivity contribution in [1.29, 1.82) is 0 Å². The number of carbonyl (C=O) groups is 2. The molecule has 0 radical (unpaired) electrons. The highest BCUT2D eigenvalue weighted by Gasteiger charge is 2.32. The number of nitrogens with one attached hydrogen (secondary N) is 2. The van der Waals surface area contributed by atoms with E-state index >= 15 is 4.39 Å². The van der Waals surface area contributed by atoms with E-state index < -0.39 is 17.5 Å². The zero-order valence-electron chi connectivity index (χ0n) is 24.4. The maximum Gasteiger partial charge on any atom is 0.416 e. The summed E-state index contributed by atoms with van der Waals surface area (Å²) in [6, 6.07) is 7.72. The Balaban J connectivity index is 1.49. The number of ether oxygens (including phenoxy) is 3. The molecule has 2 N–H and O–H groups in total. The second kappa shape index (κ2) is 12.7. The summed E-state index contributed by atoms with van der Waals surface area (Å²) in [5, 5.41) is 6.49. The maximum atomic E-state index is 15.0. The number of pyridine rings is 2. The molecule has 228 valence electrons. The molecular weight excluding hydrogens is 579 g/mol. The molecule has 0 saturated carbocycles. The summed E-state index contributed by atoms with van der Waals surface area (Å²) < 4.78 is 31.9. The Morgan fingerprint density at radius 3 is 2.72 bits per heavy atom. The average molecular weight is 613 g/mol. The fraction of sp³-hybridized carbons (Fsp3) is 0.400. The van der Waals surface area contributed by atoms with Crippen molar-refractivity contribution in [2.24, 2.45) is 0 Å². The molecule has 0 spiro atoms. The molecule has 2 aliphatic heterocycles. The van der Waals surface area contributed by atoms with Gasteiger partial charge in [-0.3, -0.25) is 19.6 Å². The largest absolute Gasteiger partial charge is 0.486 e. The predicted molar refractivity (Wildman–Crippen MR) is 161 cm³/mol. The van der Waals surface area contributed by atoms with Crippen LogP contribution in [-0.2, 0) is 9.47 Å². The van der Waals surface area contributed by atoms with E-state index in [9.17, 15) is 9.59 Å². The number of amides is 2. The van der Waals surface area contributed by atoms with Crippen LogP contribution in [0.4, 0.5) is 26.4 Å². The van der Waals surface area contributed by atoms with Crippen molar-refractivity contribution in [2.45, 2.75) is 32.4 Å². The summed E-state index contributed by atoms with van der Waals surface area (Å²) in [4.78, 5) is 38.7. The first-order valence-corrected chi connectivity index (χ1v) is 14.3. The first-order valence-electron chi connectivity index (χ1n) is 13.9. The molecule has 2 amide bonds. The quantitative estimate of drug-likeness (QED) is 0.367. The van der Waals surface area contributed by atoms with E-state index in [2.05, 4.69) is 25.5 Å². The Morgan fingerprint density at radius 1 is 1.21 bits per heavy atom. The van der Waals surface area contributed by atoms with Crippen LogP contribution in [0.5, 0.6) is 5.75 Å². The molecule has 2 aromatic heterocycles. The van der Waals surface area contributed by atoms with Gasteiger partial charge >= 0.3 is 6.09 Å². The predicted octanol–water partition coefficient (Wildman–Crippen LogP) is 4.87. The van der Waals surface area contributed by atoms with E-state index in [0.717, 1.165) is 0 Å². The summed E-state index contributed by atoms with van der Waals surface area (Å²) in [7, 11) is 1.99. The fourth-order valence-electron chi connectivity index (χ4n) is 4.54. The lowest BCUT2D eigenvalue weighted by Gasteiger charge is -2.34. The molecule has 2 aliphatic rings. The van der Waals surface area contributed by atoms with Crippen LogP contribution in [0, 0.1) is 5.82 Å². The first-order chi connectivity index (χ1) is 20.5. The number of halogens is 2. The third-order valence-corrected chi connectivity index (χ3v) is 7.15. The summed E-state index contributed by atoms with van der Waals surface area (Å²) in [6.45, 7) is 8.08. The smallest absolute Gasteiger partial charge is 0.416 e. The standard InChI is InChI=1S/C30H34ClFN6O5/c1-30(2,3)43-29(40)38-11-12-42-26-25(14-24(36-27(26)38)20-13-18(31)5-6-22(20)32)35-23-7-8-33-15-21(23)28(39)34-9-10-37(4)19-16-41-17-19/h5-8,13-15,19H,9-12,16-17H2,1-4H3,(H,34,39)(H,33,35,36). The van der Waals surface area contributed by atoms with Crippen LogP contribution in [0.25, 0.3) is 11.3 Å². The van der Waals surface area contributed by atoms with Gasteiger partial charge in [-0.05, 0) is 58.2 Å². The summed E-state index contributed by atoms with van der Waals surface area (Å²) in [5.74, 6) is -0.487. The van der Waals surface area contributed by atoms with Crippen molar-refractivity contribution < 1.29 is 28.2 Å². The zero-order chi connectivity index (χ0) is 30.7. The number of aromatic nitrogens is 2. The summed E-state index contributed by atoms with van der Waals surface area (Å²) >= 11 is 6.20. The molecule has 0 aliphatic carbocycles. The van der Waals surface area contributed by atoms with Gasteiger partial charge in [0.05, 0.1) is 48.4 Å². The van der Waals surface area contributed by atoms with Crippen LogP contribution < -0.4 is 20.3 Å². The van der Waals surface area contributed by atoms with Crippen LogP contribution in [0.15, 0.2) is 42.7 Å². The number of hydrogen-bond donors (Lipinski definition) is 2. The van der Waals surface area contributed by atoms with Crippen LogP contribution in [0.1, 0.15) is 31.1 Å². The maximum absolute atomic E-state index is 15.0. The Labute approximate surface area is 254 Å². The molecule has 0 unspecified atom stereocenters. The van der Waals surface area contributed by atoms with Crippen molar-refractivity contribution in [3.63, 3.8) is 0 Å². The Kier molecular flexibility index (Phi) is 9.00. The van der Waals surface area contributed by atoms with Gasteiger partial charge in [-0.15, -0.1) is 0 Å². The number of fused-ring (bicyclic) bond motifs is 1. The molecule has 3 aromatic rings. The van der Waals surface area contributed by atoms with E-state index in [1.807, 2.05) is 7.05 Å². The van der Waals surface area contributed by atoms with Crippen LogP contribution in [0.3, 0.4) is 0 Å². The van der Waals surface area contributed by atoms with E-state index in [1.54, 1.807) is 39.1 Å². The van der Waals surface area contributed by atoms with Gasteiger partial charge in [-0.2, -0.15) is 0 Å². The van der Waals surface area contributed by atoms with Gasteiger partial charge in [0.15, 0.2) is 11.6 Å². The fourth-order valence-corrected chi connectivity index (χ4v) is 4.71. The molecule has 11 nitrogen and oxygen atoms in total. The third-order valence-electron chi connectivity index (χ3n) is 6.92. The Morgan fingerprint density at radius 2 is 2.00 bits per heavy atom. The van der Waals surface area contributed by atoms with Gasteiger partial charge in [0.2, 0.25) is 0 Å². The SMILES string of the molecule is CN(CCNC(=O)c1cnccc1Nc1cc(-c2cc(Cl)ccc2F)nc2c1OCCN2C(=O)OC(C)(C)C)C1COC1. The molecule has 1 saturated heterocycles. The van der Waals surface area contributed by atoms with E-state index in [1.165, 1.54) is 29.3 Å². The van der Waals surface area contributed by atoms with Gasteiger partial charge in [0.1, 0.15) is 18.0 Å². The molecular formula is C30H34ClFN6O5. The van der Waals surface area contributed by atoms with Crippen molar-refractivity contribution in [3.05, 3.63) is 59.1 Å². The zero-order valence-corrected chi connectivity index (χ0v) is 25.2. The number of benzene rings is 1. The van der Waals surface area contributed by atoms with Gasteiger partial charge in [0.25, 0.3) is 5.91 Å². The number of hydrogen-bond acceptors (Lipinski definition) is 9. The van der Waals surface area contributed by atoms with E-state index in [4.69, 9.17) is 25.8 Å². The molecule has 43 heavy (non-hydrogen) atoms. The molecule has 0 atom stereocenters. The van der Waals surface area contributed by atoms with E-state index in [0.29, 0.717) is 48.7 Å². The molecule has 0 bridgehead atoms. The highest BCUT2D eigenvalue weighted by Crippen LogP contribution is 2.42. The summed E-state index contributed by atoms with van der Waals surface area (Å²) in [6.07, 6.45) is 2.38. The van der Waals surface area contributed by atoms with Crippen molar-refractivity contribution in [2.75, 3.05) is 56.7 Å². The topological polar surface area (TPSA) is 118 Å². The van der Waals surface area contributed by atoms with Crippen LogP contribution in [-0.4, -0.2) is 85.0 Å². The molecule has 1 fully saturated rings. The molecule has 13 heteroatoms. The lowest BCUT2D eigenvalue weighted by molar-refractivity contribution is -0.0552. The second-order valence-corrected chi connectivity index (χ2v) is 11.7. The van der Waals surface area contributed by atoms with Gasteiger partial charge in [-0.25, -0.2) is 14.2 Å². The van der Waals surface area contributed by atoms with Gasteiger partial charge in [-0.1, -0.05) is 11.6 Å². The van der Waals surface area contributed by atoms with Gasteiger partial charge in [0, 0.05) is 36.1 Å². The number of likely N-dealkylation sites (N-methyl/N-ethyl adjacent to an activating group) is 1. The minimum atomic E-state index is -0.757. The van der Waals surface area contributed by atoms with Crippen LogP contribution >= 0.6 is 11.6 Å². The average Bonchev–Trinajstić information content (AvgIpc) is 2.92.